The van der Waals surface area contributed by atoms with Crippen LogP contribution in [0, 0.1) is 6.92 Å². The Hall–Kier alpha value is -2.36. The van der Waals surface area contributed by atoms with Crippen molar-refractivity contribution in [3.8, 4) is 23.0 Å². The smallest absolute Gasteiger partial charge is 0.162 e. The quantitative estimate of drug-likeness (QED) is 0.850. The molecule has 2 aromatic carbocycles. The van der Waals surface area contributed by atoms with Gasteiger partial charge in [-0.3, -0.25) is 0 Å². The normalized spacial score (nSPS) is 19.1. The van der Waals surface area contributed by atoms with Crippen molar-refractivity contribution in [2.24, 2.45) is 0 Å². The van der Waals surface area contributed by atoms with Gasteiger partial charge in [-0.05, 0) is 42.3 Å². The van der Waals surface area contributed by atoms with Gasteiger partial charge in [0.25, 0.3) is 0 Å². The van der Waals surface area contributed by atoms with Gasteiger partial charge in [-0.15, -0.1) is 0 Å². The Balaban J connectivity index is 1.49. The van der Waals surface area contributed by atoms with Crippen LogP contribution < -0.4 is 18.9 Å². The van der Waals surface area contributed by atoms with Crippen LogP contribution in [0.1, 0.15) is 17.5 Å². The molecule has 0 amide bonds. The number of ether oxygens (including phenoxy) is 4. The topological polar surface area (TPSA) is 36.9 Å². The third-order valence-electron chi connectivity index (χ3n) is 4.09. The summed E-state index contributed by atoms with van der Waals surface area (Å²) in [5, 5.41) is 0. The molecule has 0 saturated carbocycles. The molecule has 0 bridgehead atoms. The number of rotatable bonds is 2. The first kappa shape index (κ1) is 14.2. The predicted molar refractivity (Wildman–Crippen MR) is 86.8 cm³/mol. The lowest BCUT2D eigenvalue weighted by Gasteiger charge is -2.27. The van der Waals surface area contributed by atoms with E-state index in [1.165, 1.54) is 11.1 Å². The number of hydrogen-bond acceptors (Lipinski definition) is 4. The Morgan fingerprint density at radius 2 is 1.65 bits per heavy atom. The van der Waals surface area contributed by atoms with Crippen molar-refractivity contribution in [3.63, 3.8) is 0 Å². The molecule has 0 N–H and O–H groups in total. The summed E-state index contributed by atoms with van der Waals surface area (Å²) < 4.78 is 23.3. The lowest BCUT2D eigenvalue weighted by atomic mass is 10.1. The molecule has 1 atom stereocenters. The highest BCUT2D eigenvalue weighted by molar-refractivity contribution is 5.45. The summed E-state index contributed by atoms with van der Waals surface area (Å²) in [4.78, 5) is 0. The second kappa shape index (κ2) is 6.03. The Bertz CT molecular complexity index is 711. The van der Waals surface area contributed by atoms with Crippen molar-refractivity contribution in [1.29, 1.82) is 0 Å². The molecule has 0 saturated heterocycles. The van der Waals surface area contributed by atoms with Crippen LogP contribution in [0.5, 0.6) is 23.0 Å². The fourth-order valence-electron chi connectivity index (χ4n) is 2.92. The monoisotopic (exact) mass is 312 g/mol. The average molecular weight is 312 g/mol. The largest absolute Gasteiger partial charge is 0.490 e. The third kappa shape index (κ3) is 3.07. The van der Waals surface area contributed by atoms with Crippen LogP contribution in [-0.4, -0.2) is 25.9 Å². The van der Waals surface area contributed by atoms with Gasteiger partial charge in [-0.1, -0.05) is 12.1 Å². The van der Waals surface area contributed by atoms with Crippen molar-refractivity contribution in [2.45, 2.75) is 25.9 Å². The zero-order valence-electron chi connectivity index (χ0n) is 13.2. The van der Waals surface area contributed by atoms with Crippen LogP contribution in [0.15, 0.2) is 36.4 Å². The van der Waals surface area contributed by atoms with Gasteiger partial charge in [0.1, 0.15) is 12.7 Å². The van der Waals surface area contributed by atoms with Crippen molar-refractivity contribution in [1.82, 2.24) is 0 Å². The van der Waals surface area contributed by atoms with Gasteiger partial charge in [0.05, 0.1) is 13.2 Å². The predicted octanol–water partition coefficient (Wildman–Crippen LogP) is 3.54. The van der Waals surface area contributed by atoms with Gasteiger partial charge in [0.2, 0.25) is 0 Å². The molecule has 120 valence electrons. The summed E-state index contributed by atoms with van der Waals surface area (Å²) in [6, 6.07) is 12.1. The molecule has 4 rings (SSSR count). The molecule has 0 spiro atoms. The first-order chi connectivity index (χ1) is 11.3. The first-order valence-electron chi connectivity index (χ1n) is 8.06. The van der Waals surface area contributed by atoms with Gasteiger partial charge < -0.3 is 18.9 Å². The molecule has 0 aromatic heterocycles. The fourth-order valence-corrected chi connectivity index (χ4v) is 2.92. The van der Waals surface area contributed by atoms with E-state index in [-0.39, 0.29) is 6.10 Å². The van der Waals surface area contributed by atoms with E-state index in [4.69, 9.17) is 18.9 Å². The number of fused-ring (bicyclic) bond motifs is 2. The maximum Gasteiger partial charge on any atom is 0.162 e. The van der Waals surface area contributed by atoms with Crippen LogP contribution in [-0.2, 0) is 6.42 Å². The van der Waals surface area contributed by atoms with E-state index in [9.17, 15) is 0 Å². The molecule has 0 radical (unpaired) electrons. The average Bonchev–Trinajstić information content (AvgIpc) is 2.79. The van der Waals surface area contributed by atoms with Gasteiger partial charge >= 0.3 is 0 Å². The molecular formula is C19H20O4. The lowest BCUT2D eigenvalue weighted by molar-refractivity contribution is 0.0911. The molecule has 0 fully saturated rings. The second-order valence-electron chi connectivity index (χ2n) is 6.04. The molecule has 4 nitrogen and oxygen atoms in total. The zero-order chi connectivity index (χ0) is 15.6. The van der Waals surface area contributed by atoms with E-state index < -0.39 is 0 Å². The van der Waals surface area contributed by atoms with Crippen LogP contribution in [0.3, 0.4) is 0 Å². The summed E-state index contributed by atoms with van der Waals surface area (Å²) in [5.74, 6) is 3.31. The number of aryl methyl sites for hydroxylation is 1. The first-order valence-corrected chi connectivity index (χ1v) is 8.06. The van der Waals surface area contributed by atoms with Crippen molar-refractivity contribution in [3.05, 3.63) is 47.5 Å². The summed E-state index contributed by atoms with van der Waals surface area (Å²) in [6.07, 6.45) is 1.71. The minimum atomic E-state index is 0.00838. The van der Waals surface area contributed by atoms with Crippen LogP contribution in [0.25, 0.3) is 0 Å². The molecule has 0 aliphatic carbocycles. The van der Waals surface area contributed by atoms with Crippen LogP contribution in [0.4, 0.5) is 0 Å². The maximum atomic E-state index is 6.09. The van der Waals surface area contributed by atoms with Gasteiger partial charge in [0.15, 0.2) is 23.0 Å². The van der Waals surface area contributed by atoms with Crippen molar-refractivity contribution in [2.75, 3.05) is 19.8 Å². The Kier molecular flexibility index (Phi) is 3.74. The standard InChI is InChI=1S/C19H20O4/c1-13-3-5-17-19(9-13)23-15(12-22-17)10-14-4-6-16-18(11-14)21-8-2-7-20-16/h3-6,9,11,15H,2,7-8,10,12H2,1H3. The van der Waals surface area contributed by atoms with Gasteiger partial charge in [-0.2, -0.15) is 0 Å². The molecule has 23 heavy (non-hydrogen) atoms. The highest BCUT2D eigenvalue weighted by Crippen LogP contribution is 2.34. The number of hydrogen-bond donors (Lipinski definition) is 0. The molecular weight excluding hydrogens is 292 g/mol. The molecule has 2 heterocycles. The highest BCUT2D eigenvalue weighted by atomic mass is 16.6. The van der Waals surface area contributed by atoms with E-state index in [1.54, 1.807) is 0 Å². The molecule has 1 unspecified atom stereocenters. The fraction of sp³-hybridized carbons (Fsp3) is 0.368. The Morgan fingerprint density at radius 3 is 2.57 bits per heavy atom. The molecule has 2 aromatic rings. The van der Waals surface area contributed by atoms with Crippen molar-refractivity contribution < 1.29 is 18.9 Å². The summed E-state index contributed by atoms with van der Waals surface area (Å²) >= 11 is 0. The van der Waals surface area contributed by atoms with Crippen LogP contribution >= 0.6 is 0 Å². The summed E-state index contributed by atoms with van der Waals surface area (Å²) in [6.45, 7) is 4.02. The van der Waals surface area contributed by atoms with E-state index >= 15 is 0 Å². The minimum absolute atomic E-state index is 0.00838. The molecule has 2 aliphatic heterocycles. The Labute approximate surface area is 135 Å². The molecule has 4 heteroatoms. The maximum absolute atomic E-state index is 6.09. The van der Waals surface area contributed by atoms with E-state index in [2.05, 4.69) is 19.1 Å². The zero-order valence-corrected chi connectivity index (χ0v) is 13.2. The SMILES string of the molecule is Cc1ccc2c(c1)OC(Cc1ccc3c(c1)OCCCO3)CO2. The highest BCUT2D eigenvalue weighted by Gasteiger charge is 2.22. The van der Waals surface area contributed by atoms with E-state index in [0.29, 0.717) is 19.8 Å². The van der Waals surface area contributed by atoms with Gasteiger partial charge in [-0.25, -0.2) is 0 Å². The summed E-state index contributed by atoms with van der Waals surface area (Å²) in [5.41, 5.74) is 2.34. The van der Waals surface area contributed by atoms with E-state index in [0.717, 1.165) is 35.8 Å². The van der Waals surface area contributed by atoms with E-state index in [1.807, 2.05) is 24.3 Å². The Morgan fingerprint density at radius 1 is 0.870 bits per heavy atom. The van der Waals surface area contributed by atoms with Gasteiger partial charge in [0, 0.05) is 12.8 Å². The number of benzene rings is 2. The van der Waals surface area contributed by atoms with Crippen molar-refractivity contribution >= 4 is 0 Å². The minimum Gasteiger partial charge on any atom is -0.490 e. The molecule has 2 aliphatic rings. The second-order valence-corrected chi connectivity index (χ2v) is 6.04. The lowest BCUT2D eigenvalue weighted by Crippen LogP contribution is -2.31. The third-order valence-corrected chi connectivity index (χ3v) is 4.09. The summed E-state index contributed by atoms with van der Waals surface area (Å²) in [7, 11) is 0. The van der Waals surface area contributed by atoms with Crippen LogP contribution in [0.2, 0.25) is 0 Å².